The summed E-state index contributed by atoms with van der Waals surface area (Å²) < 4.78 is 0. The molecule has 0 aliphatic heterocycles. The summed E-state index contributed by atoms with van der Waals surface area (Å²) in [4.78, 5) is 16.7. The molecule has 0 saturated heterocycles. The molecule has 1 aromatic rings. The number of benzene rings is 1. The number of hydrogen-bond acceptors (Lipinski definition) is 3. The van der Waals surface area contributed by atoms with Gasteiger partial charge in [-0.3, -0.25) is 15.1 Å². The number of carbonyl (C=O) groups excluding carboxylic acids is 1. The van der Waals surface area contributed by atoms with E-state index >= 15 is 0 Å². The van der Waals surface area contributed by atoms with Crippen molar-refractivity contribution >= 4 is 17.7 Å². The number of carbonyl (C=O) groups is 1. The molecule has 0 unspecified atom stereocenters. The molecule has 1 amide bonds. The van der Waals surface area contributed by atoms with E-state index in [4.69, 9.17) is 4.84 Å². The number of anilines is 1. The van der Waals surface area contributed by atoms with E-state index < -0.39 is 0 Å². The zero-order valence-corrected chi connectivity index (χ0v) is 13.5. The highest BCUT2D eigenvalue weighted by Crippen LogP contribution is 2.27. The van der Waals surface area contributed by atoms with E-state index in [1.807, 2.05) is 30.3 Å². The number of nitrogens with one attached hydrogen (secondary N) is 2. The maximum absolute atomic E-state index is 11.9. The zero-order chi connectivity index (χ0) is 15.8. The molecule has 4 heteroatoms. The predicted octanol–water partition coefficient (Wildman–Crippen LogP) is 3.62. The van der Waals surface area contributed by atoms with Gasteiger partial charge in [0, 0.05) is 12.6 Å². The van der Waals surface area contributed by atoms with Gasteiger partial charge in [-0.25, -0.2) is 0 Å². The monoisotopic (exact) mass is 302 g/mol. The highest BCUT2D eigenvalue weighted by Gasteiger charge is 2.18. The van der Waals surface area contributed by atoms with Crippen molar-refractivity contribution in [2.24, 2.45) is 11.8 Å². The largest absolute Gasteiger partial charge is 0.352 e. The molecule has 120 valence electrons. The van der Waals surface area contributed by atoms with Gasteiger partial charge in [-0.1, -0.05) is 31.9 Å². The fraction of sp³-hybridized carbons (Fsp3) is 0.500. The van der Waals surface area contributed by atoms with Crippen LogP contribution in [0.2, 0.25) is 0 Å². The topological polar surface area (TPSA) is 50.4 Å². The predicted molar refractivity (Wildman–Crippen MR) is 90.2 cm³/mol. The van der Waals surface area contributed by atoms with E-state index in [9.17, 15) is 4.79 Å². The molecule has 0 bridgehead atoms. The van der Waals surface area contributed by atoms with Crippen LogP contribution in [0.15, 0.2) is 30.3 Å². The summed E-state index contributed by atoms with van der Waals surface area (Å²) in [7, 11) is 1.57. The maximum Gasteiger partial charge on any atom is 0.244 e. The molecule has 4 nitrogen and oxygen atoms in total. The first-order valence-electron chi connectivity index (χ1n) is 8.02. The van der Waals surface area contributed by atoms with E-state index in [2.05, 4.69) is 17.7 Å². The number of hydrogen-bond donors (Lipinski definition) is 2. The van der Waals surface area contributed by atoms with Crippen molar-refractivity contribution < 1.29 is 9.63 Å². The van der Waals surface area contributed by atoms with Crippen LogP contribution in [0.4, 0.5) is 5.69 Å². The van der Waals surface area contributed by atoms with Gasteiger partial charge in [-0.2, -0.15) is 0 Å². The molecular formula is C18H26N2O2. The molecule has 22 heavy (non-hydrogen) atoms. The molecular weight excluding hydrogens is 276 g/mol. The molecule has 0 spiro atoms. The van der Waals surface area contributed by atoms with Crippen molar-refractivity contribution in [1.82, 2.24) is 5.32 Å². The van der Waals surface area contributed by atoms with Crippen molar-refractivity contribution in [2.45, 2.75) is 32.6 Å². The Balaban J connectivity index is 1.74. The van der Waals surface area contributed by atoms with E-state index in [1.54, 1.807) is 13.2 Å². The average Bonchev–Trinajstić information content (AvgIpc) is 2.54. The second kappa shape index (κ2) is 8.59. The van der Waals surface area contributed by atoms with Crippen LogP contribution in [-0.4, -0.2) is 19.6 Å². The summed E-state index contributed by atoms with van der Waals surface area (Å²) in [5.74, 6) is 1.48. The van der Waals surface area contributed by atoms with Crippen LogP contribution < -0.4 is 10.8 Å². The molecule has 0 aromatic heterocycles. The van der Waals surface area contributed by atoms with Gasteiger partial charge >= 0.3 is 0 Å². The van der Waals surface area contributed by atoms with Gasteiger partial charge < -0.3 is 5.32 Å². The van der Waals surface area contributed by atoms with Crippen LogP contribution in [0.5, 0.6) is 0 Å². The Morgan fingerprint density at radius 2 is 1.91 bits per heavy atom. The third kappa shape index (κ3) is 5.53. The van der Waals surface area contributed by atoms with Gasteiger partial charge in [0.05, 0.1) is 12.8 Å². The van der Waals surface area contributed by atoms with Crippen molar-refractivity contribution in [2.75, 3.05) is 19.1 Å². The summed E-state index contributed by atoms with van der Waals surface area (Å²) in [6, 6.07) is 7.69. The van der Waals surface area contributed by atoms with Gasteiger partial charge in [-0.15, -0.1) is 0 Å². The van der Waals surface area contributed by atoms with E-state index in [0.717, 1.165) is 23.7 Å². The third-order valence-electron chi connectivity index (χ3n) is 4.26. The first-order chi connectivity index (χ1) is 10.7. The SMILES string of the molecule is CONc1ccc(/C=C/C(=O)NCC2CCC(C)CC2)cc1. The lowest BCUT2D eigenvalue weighted by atomic mass is 9.83. The summed E-state index contributed by atoms with van der Waals surface area (Å²) in [5, 5.41) is 3.01. The molecule has 2 rings (SSSR count). The van der Waals surface area contributed by atoms with E-state index in [-0.39, 0.29) is 5.91 Å². The van der Waals surface area contributed by atoms with Gasteiger partial charge in [0.2, 0.25) is 5.91 Å². The second-order valence-corrected chi connectivity index (χ2v) is 6.13. The highest BCUT2D eigenvalue weighted by atomic mass is 16.6. The zero-order valence-electron chi connectivity index (χ0n) is 13.5. The Hall–Kier alpha value is -1.81. The molecule has 0 atom stereocenters. The Morgan fingerprint density at radius 1 is 1.23 bits per heavy atom. The van der Waals surface area contributed by atoms with E-state index in [0.29, 0.717) is 5.92 Å². The van der Waals surface area contributed by atoms with Crippen LogP contribution in [0, 0.1) is 11.8 Å². The number of rotatable bonds is 6. The summed E-state index contributed by atoms with van der Waals surface area (Å²) in [6.07, 6.45) is 8.48. The minimum Gasteiger partial charge on any atom is -0.352 e. The van der Waals surface area contributed by atoms with Crippen molar-refractivity contribution in [3.63, 3.8) is 0 Å². The van der Waals surface area contributed by atoms with Gasteiger partial charge in [0.15, 0.2) is 0 Å². The van der Waals surface area contributed by atoms with Crippen LogP contribution in [-0.2, 0) is 9.63 Å². The Morgan fingerprint density at radius 3 is 2.55 bits per heavy atom. The highest BCUT2D eigenvalue weighted by molar-refractivity contribution is 5.91. The molecule has 0 heterocycles. The van der Waals surface area contributed by atoms with Gasteiger partial charge in [0.25, 0.3) is 0 Å². The lowest BCUT2D eigenvalue weighted by Gasteiger charge is -2.25. The molecule has 2 N–H and O–H groups in total. The second-order valence-electron chi connectivity index (χ2n) is 6.13. The molecule has 1 aliphatic carbocycles. The summed E-state index contributed by atoms with van der Waals surface area (Å²) in [5.41, 5.74) is 4.63. The summed E-state index contributed by atoms with van der Waals surface area (Å²) in [6.45, 7) is 3.11. The first-order valence-corrected chi connectivity index (χ1v) is 8.02. The Labute approximate surface area is 132 Å². The van der Waals surface area contributed by atoms with Gasteiger partial charge in [0.1, 0.15) is 0 Å². The Kier molecular flexibility index (Phi) is 6.46. The molecule has 1 aliphatic rings. The van der Waals surface area contributed by atoms with Crippen LogP contribution in [0.1, 0.15) is 38.2 Å². The molecule has 1 aromatic carbocycles. The lowest BCUT2D eigenvalue weighted by molar-refractivity contribution is -0.116. The standard InChI is InChI=1S/C18H26N2O2/c1-14-3-5-16(6-4-14)13-19-18(21)12-9-15-7-10-17(11-8-15)20-22-2/h7-12,14,16,20H,3-6,13H2,1-2H3,(H,19,21)/b12-9+. The van der Waals surface area contributed by atoms with Crippen molar-refractivity contribution in [3.8, 4) is 0 Å². The third-order valence-corrected chi connectivity index (χ3v) is 4.26. The smallest absolute Gasteiger partial charge is 0.244 e. The fourth-order valence-electron chi connectivity index (χ4n) is 2.79. The normalized spacial score (nSPS) is 21.7. The molecule has 0 radical (unpaired) electrons. The van der Waals surface area contributed by atoms with Gasteiger partial charge in [-0.05, 0) is 48.4 Å². The molecule has 1 saturated carbocycles. The number of amides is 1. The van der Waals surface area contributed by atoms with Crippen molar-refractivity contribution in [1.29, 1.82) is 0 Å². The fourth-order valence-corrected chi connectivity index (χ4v) is 2.79. The van der Waals surface area contributed by atoms with Crippen LogP contribution in [0.3, 0.4) is 0 Å². The molecule has 1 fully saturated rings. The van der Waals surface area contributed by atoms with E-state index in [1.165, 1.54) is 25.7 Å². The summed E-state index contributed by atoms with van der Waals surface area (Å²) >= 11 is 0. The van der Waals surface area contributed by atoms with Crippen molar-refractivity contribution in [3.05, 3.63) is 35.9 Å². The lowest BCUT2D eigenvalue weighted by Crippen LogP contribution is -2.29. The Bertz CT molecular complexity index is 488. The van der Waals surface area contributed by atoms with Crippen LogP contribution in [0.25, 0.3) is 6.08 Å². The maximum atomic E-state index is 11.9. The quantitative estimate of drug-likeness (QED) is 0.623. The van der Waals surface area contributed by atoms with Crippen LogP contribution >= 0.6 is 0 Å². The minimum atomic E-state index is -0.0160. The average molecular weight is 302 g/mol. The minimum absolute atomic E-state index is 0.0160. The first kappa shape index (κ1) is 16.6.